The lowest BCUT2D eigenvalue weighted by Crippen LogP contribution is -2.21. The minimum Gasteiger partial charge on any atom is -0.452 e. The Balaban J connectivity index is 1.90. The summed E-state index contributed by atoms with van der Waals surface area (Å²) in [6.45, 7) is -0.474. The minimum atomic E-state index is -0.728. The highest BCUT2D eigenvalue weighted by molar-refractivity contribution is 6.00. The SMILES string of the molecule is NC(=O)COC(=O)c1ccc(NC(=O)Nc2ccccc2)cc1. The number of urea groups is 1. The third-order valence-corrected chi connectivity index (χ3v) is 2.76. The van der Waals surface area contributed by atoms with Crippen molar-refractivity contribution in [2.45, 2.75) is 0 Å². The van der Waals surface area contributed by atoms with Gasteiger partial charge in [0.05, 0.1) is 5.56 Å². The van der Waals surface area contributed by atoms with Crippen LogP contribution in [-0.4, -0.2) is 24.5 Å². The summed E-state index contributed by atoms with van der Waals surface area (Å²) in [6.07, 6.45) is 0. The van der Waals surface area contributed by atoms with Crippen molar-refractivity contribution in [3.8, 4) is 0 Å². The van der Waals surface area contributed by atoms with Crippen LogP contribution in [0.4, 0.5) is 16.2 Å². The second kappa shape index (κ2) is 7.60. The molecule has 0 aliphatic rings. The Hall–Kier alpha value is -3.35. The normalized spacial score (nSPS) is 9.74. The third kappa shape index (κ3) is 5.16. The Labute approximate surface area is 132 Å². The number of nitrogens with one attached hydrogen (secondary N) is 2. The van der Waals surface area contributed by atoms with E-state index in [1.54, 1.807) is 24.3 Å². The number of benzene rings is 2. The number of hydrogen-bond acceptors (Lipinski definition) is 4. The summed E-state index contributed by atoms with van der Waals surface area (Å²) in [5, 5.41) is 5.30. The molecule has 7 nitrogen and oxygen atoms in total. The molecule has 2 rings (SSSR count). The average Bonchev–Trinajstić information content (AvgIpc) is 2.54. The molecule has 0 radical (unpaired) electrons. The number of hydrogen-bond donors (Lipinski definition) is 3. The Morgan fingerprint density at radius 1 is 0.870 bits per heavy atom. The van der Waals surface area contributed by atoms with Crippen molar-refractivity contribution in [1.82, 2.24) is 0 Å². The van der Waals surface area contributed by atoms with Gasteiger partial charge in [-0.25, -0.2) is 9.59 Å². The second-order valence-electron chi connectivity index (χ2n) is 4.56. The van der Waals surface area contributed by atoms with Crippen LogP contribution in [0.1, 0.15) is 10.4 Å². The van der Waals surface area contributed by atoms with Gasteiger partial charge in [-0.15, -0.1) is 0 Å². The van der Waals surface area contributed by atoms with Crippen molar-refractivity contribution in [2.24, 2.45) is 5.73 Å². The fraction of sp³-hybridized carbons (Fsp3) is 0.0625. The van der Waals surface area contributed by atoms with E-state index in [1.807, 2.05) is 18.2 Å². The van der Waals surface area contributed by atoms with Crippen LogP contribution in [0.3, 0.4) is 0 Å². The average molecular weight is 313 g/mol. The van der Waals surface area contributed by atoms with Gasteiger partial charge in [-0.2, -0.15) is 0 Å². The van der Waals surface area contributed by atoms with Crippen molar-refractivity contribution in [3.63, 3.8) is 0 Å². The molecule has 0 aliphatic carbocycles. The van der Waals surface area contributed by atoms with E-state index in [9.17, 15) is 14.4 Å². The number of esters is 1. The summed E-state index contributed by atoms with van der Waals surface area (Å²) in [5.41, 5.74) is 6.31. The summed E-state index contributed by atoms with van der Waals surface area (Å²) in [6, 6.07) is 14.6. The minimum absolute atomic E-state index is 0.250. The highest BCUT2D eigenvalue weighted by atomic mass is 16.5. The number of carbonyl (C=O) groups excluding carboxylic acids is 3. The Morgan fingerprint density at radius 2 is 1.43 bits per heavy atom. The van der Waals surface area contributed by atoms with Gasteiger partial charge in [-0.3, -0.25) is 4.79 Å². The smallest absolute Gasteiger partial charge is 0.338 e. The largest absolute Gasteiger partial charge is 0.452 e. The van der Waals surface area contributed by atoms with Gasteiger partial charge >= 0.3 is 12.0 Å². The maximum Gasteiger partial charge on any atom is 0.338 e. The van der Waals surface area contributed by atoms with E-state index in [4.69, 9.17) is 5.73 Å². The Bertz CT molecular complexity index is 699. The van der Waals surface area contributed by atoms with Crippen molar-refractivity contribution in [3.05, 3.63) is 60.2 Å². The van der Waals surface area contributed by atoms with E-state index in [0.29, 0.717) is 11.4 Å². The van der Waals surface area contributed by atoms with Crippen LogP contribution in [0, 0.1) is 0 Å². The van der Waals surface area contributed by atoms with E-state index in [-0.39, 0.29) is 5.56 Å². The molecule has 2 aromatic rings. The maximum absolute atomic E-state index is 11.8. The summed E-state index contributed by atoms with van der Waals surface area (Å²) in [7, 11) is 0. The predicted molar refractivity (Wildman–Crippen MR) is 85.0 cm³/mol. The number of carbonyl (C=O) groups is 3. The molecular weight excluding hydrogens is 298 g/mol. The number of primary amides is 1. The highest BCUT2D eigenvalue weighted by Crippen LogP contribution is 2.12. The van der Waals surface area contributed by atoms with E-state index >= 15 is 0 Å². The van der Waals surface area contributed by atoms with Crippen molar-refractivity contribution < 1.29 is 19.1 Å². The molecule has 3 amide bonds. The van der Waals surface area contributed by atoms with E-state index in [2.05, 4.69) is 15.4 Å². The monoisotopic (exact) mass is 313 g/mol. The van der Waals surface area contributed by atoms with Crippen molar-refractivity contribution in [1.29, 1.82) is 0 Å². The fourth-order valence-electron chi connectivity index (χ4n) is 1.72. The Morgan fingerprint density at radius 3 is 2.00 bits per heavy atom. The van der Waals surface area contributed by atoms with E-state index in [0.717, 1.165) is 0 Å². The van der Waals surface area contributed by atoms with Crippen LogP contribution >= 0.6 is 0 Å². The van der Waals surface area contributed by atoms with Crippen molar-refractivity contribution >= 4 is 29.3 Å². The Kier molecular flexibility index (Phi) is 5.30. The maximum atomic E-state index is 11.8. The van der Waals surface area contributed by atoms with Gasteiger partial charge in [0, 0.05) is 11.4 Å². The molecule has 2 aromatic carbocycles. The van der Waals surface area contributed by atoms with Gasteiger partial charge in [0.1, 0.15) is 0 Å². The zero-order chi connectivity index (χ0) is 16.7. The molecule has 0 spiro atoms. The number of nitrogens with two attached hydrogens (primary N) is 1. The lowest BCUT2D eigenvalue weighted by atomic mass is 10.2. The zero-order valence-electron chi connectivity index (χ0n) is 12.1. The lowest BCUT2D eigenvalue weighted by molar-refractivity contribution is -0.121. The molecule has 0 fully saturated rings. The number of ether oxygens (including phenoxy) is 1. The topological polar surface area (TPSA) is 111 Å². The number of rotatable bonds is 5. The summed E-state index contributed by atoms with van der Waals surface area (Å²) < 4.78 is 4.68. The first-order valence-electron chi connectivity index (χ1n) is 6.73. The van der Waals surface area contributed by atoms with Crippen LogP contribution < -0.4 is 16.4 Å². The molecule has 0 heterocycles. The van der Waals surface area contributed by atoms with Gasteiger partial charge < -0.3 is 21.1 Å². The molecule has 0 bridgehead atoms. The molecule has 0 aromatic heterocycles. The van der Waals surface area contributed by atoms with Gasteiger partial charge in [0.25, 0.3) is 5.91 Å². The molecule has 0 aliphatic heterocycles. The van der Waals surface area contributed by atoms with E-state index in [1.165, 1.54) is 12.1 Å². The van der Waals surface area contributed by atoms with Crippen LogP contribution in [0.2, 0.25) is 0 Å². The molecule has 118 valence electrons. The highest BCUT2D eigenvalue weighted by Gasteiger charge is 2.09. The molecule has 0 unspecified atom stereocenters. The van der Waals surface area contributed by atoms with Gasteiger partial charge in [-0.05, 0) is 36.4 Å². The fourth-order valence-corrected chi connectivity index (χ4v) is 1.72. The molecule has 4 N–H and O–H groups in total. The van der Waals surface area contributed by atoms with Crippen LogP contribution in [0.5, 0.6) is 0 Å². The summed E-state index contributed by atoms with van der Waals surface area (Å²) in [4.78, 5) is 34.0. The first kappa shape index (κ1) is 16.0. The number of para-hydroxylation sites is 1. The molecule has 7 heteroatoms. The quantitative estimate of drug-likeness (QED) is 0.733. The van der Waals surface area contributed by atoms with Crippen molar-refractivity contribution in [2.75, 3.05) is 17.2 Å². The van der Waals surface area contributed by atoms with Gasteiger partial charge in [-0.1, -0.05) is 18.2 Å². The first-order chi connectivity index (χ1) is 11.0. The molecule has 23 heavy (non-hydrogen) atoms. The van der Waals surface area contributed by atoms with Gasteiger partial charge in [0.15, 0.2) is 6.61 Å². The number of amides is 3. The van der Waals surface area contributed by atoms with Crippen LogP contribution in [-0.2, 0) is 9.53 Å². The molecular formula is C16H15N3O4. The second-order valence-corrected chi connectivity index (χ2v) is 4.56. The first-order valence-corrected chi connectivity index (χ1v) is 6.73. The molecule has 0 saturated carbocycles. The zero-order valence-corrected chi connectivity index (χ0v) is 12.1. The summed E-state index contributed by atoms with van der Waals surface area (Å²) in [5.74, 6) is -1.39. The molecule has 0 atom stereocenters. The lowest BCUT2D eigenvalue weighted by Gasteiger charge is -2.08. The number of anilines is 2. The van der Waals surface area contributed by atoms with Gasteiger partial charge in [0.2, 0.25) is 0 Å². The predicted octanol–water partition coefficient (Wildman–Crippen LogP) is 1.97. The van der Waals surface area contributed by atoms with Crippen LogP contribution in [0.15, 0.2) is 54.6 Å². The van der Waals surface area contributed by atoms with E-state index < -0.39 is 24.5 Å². The third-order valence-electron chi connectivity index (χ3n) is 2.76. The summed E-state index contributed by atoms with van der Waals surface area (Å²) >= 11 is 0. The van der Waals surface area contributed by atoms with Crippen LogP contribution in [0.25, 0.3) is 0 Å². The molecule has 0 saturated heterocycles. The standard InChI is InChI=1S/C16H15N3O4/c17-14(20)10-23-15(21)11-6-8-13(9-7-11)19-16(22)18-12-4-2-1-3-5-12/h1-9H,10H2,(H2,17,20)(H2,18,19,22).